The second-order valence-electron chi connectivity index (χ2n) is 8.43. The van der Waals surface area contributed by atoms with Crippen LogP contribution in [0.3, 0.4) is 0 Å². The summed E-state index contributed by atoms with van der Waals surface area (Å²) in [5.74, 6) is 1.70. The maximum atomic E-state index is 13.4. The smallest absolute Gasteiger partial charge is 0.228 e. The number of nitrogens with zero attached hydrogens (tertiary/aromatic N) is 6. The summed E-state index contributed by atoms with van der Waals surface area (Å²) >= 11 is 0. The Labute approximate surface area is 206 Å². The van der Waals surface area contributed by atoms with E-state index in [-0.39, 0.29) is 24.1 Å². The highest BCUT2D eigenvalue weighted by Gasteiger charge is 2.30. The van der Waals surface area contributed by atoms with E-state index in [0.29, 0.717) is 41.2 Å². The third kappa shape index (κ3) is 4.38. The standard InChI is InChI=1S/C25H24FN9O/c1-28-20(7-9-27)31-25-29-10-8-19(30-25)16-12-21-32-33-24-17(11-15-3-5-18(26)6-4-15)14-23(36)34(2)22(13-16)35(21)24/h3-10,12-13,17,27-28H,11,14H2,1-2H3,(H,29,30,31)/b20-7+,27-9?. The third-order valence-electron chi connectivity index (χ3n) is 6.13. The fourth-order valence-corrected chi connectivity index (χ4v) is 4.29. The average Bonchev–Trinajstić information content (AvgIpc) is 3.28. The summed E-state index contributed by atoms with van der Waals surface area (Å²) < 4.78 is 15.3. The number of rotatable bonds is 7. The molecule has 3 N–H and O–H groups in total. The normalized spacial score (nSPS) is 15.6. The number of benzene rings is 1. The largest absolute Gasteiger partial charge is 0.375 e. The van der Waals surface area contributed by atoms with E-state index in [2.05, 4.69) is 30.8 Å². The van der Waals surface area contributed by atoms with Crippen LogP contribution >= 0.6 is 0 Å². The van der Waals surface area contributed by atoms with Gasteiger partial charge in [-0.05, 0) is 48.4 Å². The molecule has 1 aliphatic rings. The fraction of sp³-hybridized carbons (Fsp3) is 0.200. The quantitative estimate of drug-likeness (QED) is 0.344. The summed E-state index contributed by atoms with van der Waals surface area (Å²) in [5, 5.41) is 22.1. The molecule has 1 aromatic carbocycles. The zero-order valence-electron chi connectivity index (χ0n) is 19.7. The number of halogens is 1. The number of carbonyl (C=O) groups is 1. The second-order valence-corrected chi connectivity index (χ2v) is 8.43. The van der Waals surface area contributed by atoms with E-state index < -0.39 is 0 Å². The van der Waals surface area contributed by atoms with Crippen molar-refractivity contribution < 1.29 is 9.18 Å². The Kier molecular flexibility index (Phi) is 6.11. The van der Waals surface area contributed by atoms with E-state index in [0.717, 1.165) is 17.3 Å². The number of carbonyl (C=O) groups excluding carboxylic acids is 1. The molecular formula is C25H24FN9O. The zero-order valence-corrected chi connectivity index (χ0v) is 19.7. The van der Waals surface area contributed by atoms with Crippen LogP contribution in [0.1, 0.15) is 23.7 Å². The SMILES string of the molecule is CN/C(=C\C=N)Nc1nccc(-c2cc3n4c(nnc4c2)C(Cc2ccc(F)cc2)CC(=O)N3C)n1. The maximum absolute atomic E-state index is 13.4. The Morgan fingerprint density at radius 3 is 2.78 bits per heavy atom. The molecule has 10 nitrogen and oxygen atoms in total. The molecule has 0 radical (unpaired) electrons. The summed E-state index contributed by atoms with van der Waals surface area (Å²) in [6.45, 7) is 0. The summed E-state index contributed by atoms with van der Waals surface area (Å²) in [5.41, 5.74) is 2.90. The summed E-state index contributed by atoms with van der Waals surface area (Å²) in [6, 6.07) is 11.8. The van der Waals surface area contributed by atoms with Crippen LogP contribution in [0.25, 0.3) is 16.9 Å². The molecule has 36 heavy (non-hydrogen) atoms. The van der Waals surface area contributed by atoms with Crippen molar-refractivity contribution in [2.45, 2.75) is 18.8 Å². The van der Waals surface area contributed by atoms with Gasteiger partial charge in [0.05, 0.1) is 5.69 Å². The van der Waals surface area contributed by atoms with E-state index in [1.807, 2.05) is 16.5 Å². The van der Waals surface area contributed by atoms with Gasteiger partial charge in [0.15, 0.2) is 5.65 Å². The van der Waals surface area contributed by atoms with Crippen LogP contribution in [0.4, 0.5) is 16.2 Å². The summed E-state index contributed by atoms with van der Waals surface area (Å²) in [4.78, 5) is 23.6. The predicted octanol–water partition coefficient (Wildman–Crippen LogP) is 3.14. The van der Waals surface area contributed by atoms with Crippen molar-refractivity contribution >= 4 is 29.5 Å². The molecule has 0 fully saturated rings. The van der Waals surface area contributed by atoms with Gasteiger partial charge in [0, 0.05) is 44.4 Å². The molecule has 0 saturated heterocycles. The van der Waals surface area contributed by atoms with E-state index in [9.17, 15) is 9.18 Å². The molecule has 0 spiro atoms. The fourth-order valence-electron chi connectivity index (χ4n) is 4.29. The average molecular weight is 486 g/mol. The number of pyridine rings is 1. The van der Waals surface area contributed by atoms with Gasteiger partial charge in [-0.25, -0.2) is 14.4 Å². The van der Waals surface area contributed by atoms with Crippen LogP contribution < -0.4 is 15.5 Å². The number of amides is 1. The van der Waals surface area contributed by atoms with Crippen LogP contribution in [0.2, 0.25) is 0 Å². The van der Waals surface area contributed by atoms with Crippen molar-refractivity contribution in [2.24, 2.45) is 0 Å². The lowest BCUT2D eigenvalue weighted by Crippen LogP contribution is -2.27. The molecule has 0 bridgehead atoms. The van der Waals surface area contributed by atoms with Crippen LogP contribution in [0.15, 0.2) is 60.6 Å². The first kappa shape index (κ1) is 23.1. The lowest BCUT2D eigenvalue weighted by atomic mass is 9.95. The Morgan fingerprint density at radius 2 is 2.03 bits per heavy atom. The highest BCUT2D eigenvalue weighted by atomic mass is 19.1. The highest BCUT2D eigenvalue weighted by molar-refractivity contribution is 5.94. The molecule has 11 heteroatoms. The van der Waals surface area contributed by atoms with Gasteiger partial charge in [0.1, 0.15) is 23.3 Å². The monoisotopic (exact) mass is 485 g/mol. The zero-order chi connectivity index (χ0) is 25.2. The van der Waals surface area contributed by atoms with Crippen LogP contribution in [-0.4, -0.2) is 50.8 Å². The highest BCUT2D eigenvalue weighted by Crippen LogP contribution is 2.34. The third-order valence-corrected chi connectivity index (χ3v) is 6.13. The summed E-state index contributed by atoms with van der Waals surface area (Å²) in [6.07, 6.45) is 5.14. The number of anilines is 2. The lowest BCUT2D eigenvalue weighted by Gasteiger charge is -2.17. The van der Waals surface area contributed by atoms with Crippen LogP contribution in [0, 0.1) is 11.2 Å². The van der Waals surface area contributed by atoms with Gasteiger partial charge in [-0.3, -0.25) is 9.20 Å². The number of allylic oxidation sites excluding steroid dienone is 1. The van der Waals surface area contributed by atoms with Crippen molar-refractivity contribution in [2.75, 3.05) is 24.3 Å². The van der Waals surface area contributed by atoms with Crippen molar-refractivity contribution in [1.29, 1.82) is 5.41 Å². The molecule has 1 aliphatic heterocycles. The molecule has 1 atom stereocenters. The van der Waals surface area contributed by atoms with Crippen molar-refractivity contribution in [3.63, 3.8) is 0 Å². The van der Waals surface area contributed by atoms with Crippen molar-refractivity contribution in [1.82, 2.24) is 29.9 Å². The van der Waals surface area contributed by atoms with E-state index in [1.165, 1.54) is 12.1 Å². The molecule has 0 aliphatic carbocycles. The maximum Gasteiger partial charge on any atom is 0.228 e. The minimum Gasteiger partial charge on any atom is -0.375 e. The number of hydrogen-bond donors (Lipinski definition) is 3. The lowest BCUT2D eigenvalue weighted by molar-refractivity contribution is -0.118. The molecule has 4 heterocycles. The molecule has 4 aromatic rings. The van der Waals surface area contributed by atoms with Gasteiger partial charge >= 0.3 is 0 Å². The number of nitrogens with one attached hydrogen (secondary N) is 3. The van der Waals surface area contributed by atoms with Gasteiger partial charge in [0.25, 0.3) is 0 Å². The first-order valence-electron chi connectivity index (χ1n) is 11.4. The molecule has 1 unspecified atom stereocenters. The molecular weight excluding hydrogens is 461 g/mol. The van der Waals surface area contributed by atoms with Crippen molar-refractivity contribution in [3.05, 3.63) is 77.8 Å². The van der Waals surface area contributed by atoms with E-state index >= 15 is 0 Å². The first-order chi connectivity index (χ1) is 17.5. The Morgan fingerprint density at radius 1 is 1.22 bits per heavy atom. The minimum absolute atomic E-state index is 0.0495. The van der Waals surface area contributed by atoms with Crippen molar-refractivity contribution in [3.8, 4) is 11.3 Å². The van der Waals surface area contributed by atoms with Gasteiger partial charge < -0.3 is 20.9 Å². The van der Waals surface area contributed by atoms with Gasteiger partial charge in [0.2, 0.25) is 11.9 Å². The Balaban J connectivity index is 1.55. The summed E-state index contributed by atoms with van der Waals surface area (Å²) in [7, 11) is 3.46. The van der Waals surface area contributed by atoms with Gasteiger partial charge in [-0.1, -0.05) is 12.1 Å². The van der Waals surface area contributed by atoms with E-state index in [1.54, 1.807) is 49.5 Å². The number of hydrogen-bond acceptors (Lipinski definition) is 8. The molecule has 0 saturated carbocycles. The van der Waals surface area contributed by atoms with Gasteiger partial charge in [-0.2, -0.15) is 0 Å². The first-order valence-corrected chi connectivity index (χ1v) is 11.4. The molecule has 1 amide bonds. The molecule has 3 aromatic heterocycles. The van der Waals surface area contributed by atoms with Gasteiger partial charge in [-0.15, -0.1) is 10.2 Å². The minimum atomic E-state index is -0.297. The Bertz CT molecular complexity index is 1480. The van der Waals surface area contributed by atoms with E-state index in [4.69, 9.17) is 5.41 Å². The predicted molar refractivity (Wildman–Crippen MR) is 134 cm³/mol. The van der Waals surface area contributed by atoms with Crippen LogP contribution in [-0.2, 0) is 11.2 Å². The molecule has 182 valence electrons. The van der Waals surface area contributed by atoms with Crippen LogP contribution in [0.5, 0.6) is 0 Å². The molecule has 5 rings (SSSR count). The topological polar surface area (TPSA) is 124 Å². The second kappa shape index (κ2) is 9.53. The Hall–Kier alpha value is -4.67. The number of aromatic nitrogens is 5.